The number of rotatable bonds is 3. The fourth-order valence-electron chi connectivity index (χ4n) is 2.68. The van der Waals surface area contributed by atoms with Crippen molar-refractivity contribution in [3.8, 4) is 11.3 Å². The molecule has 0 fully saturated rings. The van der Waals surface area contributed by atoms with E-state index in [4.69, 9.17) is 4.42 Å². The van der Waals surface area contributed by atoms with E-state index in [1.165, 1.54) is 0 Å². The Balaban J connectivity index is 2.38. The molecule has 0 N–H and O–H groups in total. The number of hydrogen-bond donors (Lipinski definition) is 0. The van der Waals surface area contributed by atoms with Crippen LogP contribution in [0.15, 0.2) is 57.7 Å². The minimum Gasteiger partial charge on any atom is -0.455 e. The van der Waals surface area contributed by atoms with Gasteiger partial charge in [-0.1, -0.05) is 42.5 Å². The average Bonchev–Trinajstić information content (AvgIpc) is 2.51. The zero-order valence-corrected chi connectivity index (χ0v) is 13.1. The maximum atomic E-state index is 12.9. The van der Waals surface area contributed by atoms with Gasteiger partial charge in [0, 0.05) is 12.1 Å². The molecular formula is C19H19NO2. The van der Waals surface area contributed by atoms with E-state index in [-0.39, 0.29) is 5.43 Å². The van der Waals surface area contributed by atoms with Crippen LogP contribution in [0, 0.1) is 6.92 Å². The van der Waals surface area contributed by atoms with Gasteiger partial charge >= 0.3 is 0 Å². The number of aryl methyl sites for hydroxylation is 1. The van der Waals surface area contributed by atoms with Gasteiger partial charge in [0.1, 0.15) is 11.3 Å². The Morgan fingerprint density at radius 2 is 1.73 bits per heavy atom. The molecule has 0 saturated heterocycles. The summed E-state index contributed by atoms with van der Waals surface area (Å²) >= 11 is 0. The molecule has 0 aliphatic rings. The van der Waals surface area contributed by atoms with E-state index in [2.05, 4.69) is 0 Å². The lowest BCUT2D eigenvalue weighted by Crippen LogP contribution is -2.20. The molecule has 0 atom stereocenters. The van der Waals surface area contributed by atoms with Crippen LogP contribution in [-0.4, -0.2) is 19.0 Å². The van der Waals surface area contributed by atoms with Crippen molar-refractivity contribution >= 4 is 11.0 Å². The summed E-state index contributed by atoms with van der Waals surface area (Å²) in [6, 6.07) is 15.5. The van der Waals surface area contributed by atoms with Crippen molar-refractivity contribution in [2.24, 2.45) is 0 Å². The highest BCUT2D eigenvalue weighted by Gasteiger charge is 2.17. The molecule has 0 saturated carbocycles. The molecule has 0 aliphatic heterocycles. The summed E-state index contributed by atoms with van der Waals surface area (Å²) in [5, 5.41) is 0.650. The Morgan fingerprint density at radius 1 is 1.00 bits per heavy atom. The summed E-state index contributed by atoms with van der Waals surface area (Å²) in [5.74, 6) is 0.668. The van der Waals surface area contributed by atoms with Gasteiger partial charge in [-0.25, -0.2) is 0 Å². The molecule has 0 bridgehead atoms. The quantitative estimate of drug-likeness (QED) is 0.736. The second-order valence-corrected chi connectivity index (χ2v) is 5.79. The molecule has 0 radical (unpaired) electrons. The van der Waals surface area contributed by atoms with Gasteiger partial charge in [0.05, 0.1) is 10.9 Å². The third-order valence-corrected chi connectivity index (χ3v) is 3.72. The molecule has 1 aromatic heterocycles. The first-order chi connectivity index (χ1) is 10.6. The van der Waals surface area contributed by atoms with E-state index >= 15 is 0 Å². The molecule has 1 heterocycles. The van der Waals surface area contributed by atoms with Gasteiger partial charge in [-0.05, 0) is 32.6 Å². The number of hydrogen-bond acceptors (Lipinski definition) is 3. The van der Waals surface area contributed by atoms with Crippen molar-refractivity contribution in [3.05, 3.63) is 69.9 Å². The van der Waals surface area contributed by atoms with Crippen molar-refractivity contribution < 1.29 is 4.42 Å². The molecule has 0 spiro atoms. The molecule has 2 aromatic carbocycles. The smallest absolute Gasteiger partial charge is 0.197 e. The van der Waals surface area contributed by atoms with Gasteiger partial charge in [-0.3, -0.25) is 4.79 Å². The van der Waals surface area contributed by atoms with E-state index in [1.54, 1.807) is 0 Å². The topological polar surface area (TPSA) is 33.5 Å². The Labute approximate surface area is 129 Å². The summed E-state index contributed by atoms with van der Waals surface area (Å²) in [7, 11) is 3.91. The highest BCUT2D eigenvalue weighted by molar-refractivity contribution is 5.82. The average molecular weight is 293 g/mol. The number of nitrogens with zero attached hydrogens (tertiary/aromatic N) is 1. The Hall–Kier alpha value is -2.39. The van der Waals surface area contributed by atoms with Gasteiger partial charge in [-0.15, -0.1) is 0 Å². The fraction of sp³-hybridized carbons (Fsp3) is 0.211. The zero-order chi connectivity index (χ0) is 15.7. The second-order valence-electron chi connectivity index (χ2n) is 5.79. The number of benzene rings is 2. The maximum absolute atomic E-state index is 12.9. The normalized spacial score (nSPS) is 11.3. The third kappa shape index (κ3) is 2.55. The van der Waals surface area contributed by atoms with E-state index in [9.17, 15) is 4.79 Å². The number of fused-ring (bicyclic) bond motifs is 1. The lowest BCUT2D eigenvalue weighted by atomic mass is 10.0. The van der Waals surface area contributed by atoms with Gasteiger partial charge in [0.2, 0.25) is 0 Å². The SMILES string of the molecule is Cc1cccc2c(=O)c(CN(C)C)c(-c3ccccc3)oc12. The highest BCUT2D eigenvalue weighted by Crippen LogP contribution is 2.27. The summed E-state index contributed by atoms with van der Waals surface area (Å²) in [5.41, 5.74) is 3.34. The van der Waals surface area contributed by atoms with Crippen LogP contribution in [-0.2, 0) is 6.54 Å². The van der Waals surface area contributed by atoms with Crippen LogP contribution in [0.3, 0.4) is 0 Å². The Morgan fingerprint density at radius 3 is 2.41 bits per heavy atom. The molecule has 3 heteroatoms. The molecule has 0 amide bonds. The minimum atomic E-state index is 0.0532. The van der Waals surface area contributed by atoms with Crippen molar-refractivity contribution in [2.75, 3.05) is 14.1 Å². The molecule has 3 aromatic rings. The molecule has 22 heavy (non-hydrogen) atoms. The third-order valence-electron chi connectivity index (χ3n) is 3.72. The molecule has 3 rings (SSSR count). The van der Waals surface area contributed by atoms with Gasteiger partial charge in [-0.2, -0.15) is 0 Å². The number of para-hydroxylation sites is 1. The van der Waals surface area contributed by atoms with Crippen LogP contribution >= 0.6 is 0 Å². The van der Waals surface area contributed by atoms with Crippen molar-refractivity contribution in [3.63, 3.8) is 0 Å². The van der Waals surface area contributed by atoms with Crippen molar-refractivity contribution in [2.45, 2.75) is 13.5 Å². The maximum Gasteiger partial charge on any atom is 0.197 e. The van der Waals surface area contributed by atoms with Gasteiger partial charge in [0.25, 0.3) is 0 Å². The lowest BCUT2D eigenvalue weighted by Gasteiger charge is -2.14. The molecule has 0 unspecified atom stereocenters. The van der Waals surface area contributed by atoms with E-state index in [0.29, 0.717) is 28.8 Å². The van der Waals surface area contributed by atoms with Crippen LogP contribution < -0.4 is 5.43 Å². The second kappa shape index (κ2) is 5.78. The Bertz CT molecular complexity index is 864. The van der Waals surface area contributed by atoms with E-state index < -0.39 is 0 Å². The monoisotopic (exact) mass is 293 g/mol. The van der Waals surface area contributed by atoms with E-state index in [0.717, 1.165) is 11.1 Å². The first-order valence-electron chi connectivity index (χ1n) is 7.33. The molecule has 3 nitrogen and oxygen atoms in total. The summed E-state index contributed by atoms with van der Waals surface area (Å²) in [4.78, 5) is 14.9. The van der Waals surface area contributed by atoms with E-state index in [1.807, 2.05) is 74.4 Å². The predicted octanol–water partition coefficient (Wildman–Crippen LogP) is 3.83. The van der Waals surface area contributed by atoms with Crippen molar-refractivity contribution in [1.29, 1.82) is 0 Å². The standard InChI is InChI=1S/C19H19NO2/c1-13-8-7-11-15-17(21)16(12-20(2)3)19(22-18(13)15)14-9-5-4-6-10-14/h4-11H,12H2,1-3H3. The Kier molecular flexibility index (Phi) is 3.82. The molecule has 0 aliphatic carbocycles. The fourth-order valence-corrected chi connectivity index (χ4v) is 2.68. The van der Waals surface area contributed by atoms with Crippen LogP contribution in [0.4, 0.5) is 0 Å². The summed E-state index contributed by atoms with van der Waals surface area (Å²) in [6.45, 7) is 2.52. The van der Waals surface area contributed by atoms with Gasteiger partial charge in [0.15, 0.2) is 5.43 Å². The zero-order valence-electron chi connectivity index (χ0n) is 13.1. The van der Waals surface area contributed by atoms with Crippen LogP contribution in [0.1, 0.15) is 11.1 Å². The molecular weight excluding hydrogens is 274 g/mol. The summed E-state index contributed by atoms with van der Waals surface area (Å²) < 4.78 is 6.16. The lowest BCUT2D eigenvalue weighted by molar-refractivity contribution is 0.397. The minimum absolute atomic E-state index is 0.0532. The van der Waals surface area contributed by atoms with Crippen LogP contribution in [0.2, 0.25) is 0 Å². The first kappa shape index (κ1) is 14.5. The highest BCUT2D eigenvalue weighted by atomic mass is 16.3. The van der Waals surface area contributed by atoms with Crippen LogP contribution in [0.25, 0.3) is 22.3 Å². The van der Waals surface area contributed by atoms with Crippen LogP contribution in [0.5, 0.6) is 0 Å². The molecule has 112 valence electrons. The summed E-state index contributed by atoms with van der Waals surface area (Å²) in [6.07, 6.45) is 0. The predicted molar refractivity (Wildman–Crippen MR) is 90.0 cm³/mol. The largest absolute Gasteiger partial charge is 0.455 e. The van der Waals surface area contributed by atoms with Gasteiger partial charge < -0.3 is 9.32 Å². The first-order valence-corrected chi connectivity index (χ1v) is 7.33. The van der Waals surface area contributed by atoms with Crippen molar-refractivity contribution in [1.82, 2.24) is 4.90 Å².